The zero-order chi connectivity index (χ0) is 11.7. The van der Waals surface area contributed by atoms with E-state index in [1.54, 1.807) is 18.2 Å². The monoisotopic (exact) mass is 204 g/mol. The van der Waals surface area contributed by atoms with E-state index in [0.717, 1.165) is 16.7 Å². The number of hydrogen-bond donors (Lipinski definition) is 0. The predicted molar refractivity (Wildman–Crippen MR) is 61.6 cm³/mol. The molecule has 0 radical (unpaired) electrons. The smallest absolute Gasteiger partial charge is 0.0639 e. The molecule has 70 valence electrons. The van der Waals surface area contributed by atoms with E-state index in [4.69, 9.17) is 14.3 Å². The molecular formula is C13H11Cl. The second-order valence-corrected chi connectivity index (χ2v) is 3.48. The van der Waals surface area contributed by atoms with Crippen LogP contribution in [0.5, 0.6) is 0 Å². The Bertz CT molecular complexity index is 486. The van der Waals surface area contributed by atoms with E-state index >= 15 is 0 Å². The fourth-order valence-electron chi connectivity index (χ4n) is 1.44. The summed E-state index contributed by atoms with van der Waals surface area (Å²) in [5.41, 5.74) is 2.63. The van der Waals surface area contributed by atoms with E-state index in [2.05, 4.69) is 0 Å². The molecule has 0 aliphatic carbocycles. The van der Waals surface area contributed by atoms with Gasteiger partial charge in [0.05, 0.1) is 2.74 Å². The Balaban J connectivity index is 2.68. The molecule has 1 heteroatoms. The summed E-state index contributed by atoms with van der Waals surface area (Å²) < 4.78 is 15.4. The maximum absolute atomic E-state index is 7.74. The maximum Gasteiger partial charge on any atom is 0.0639 e. The number of rotatable bonds is 1. The summed E-state index contributed by atoms with van der Waals surface area (Å²) in [4.78, 5) is 0. The Labute approximate surface area is 92.0 Å². The van der Waals surface area contributed by atoms with Gasteiger partial charge in [0.15, 0.2) is 0 Å². The molecule has 2 rings (SSSR count). The molecule has 0 saturated carbocycles. The molecule has 14 heavy (non-hydrogen) atoms. The zero-order valence-electron chi connectivity index (χ0n) is 9.84. The first-order chi connectivity index (χ1) is 7.61. The number of hydrogen-bond acceptors (Lipinski definition) is 0. The van der Waals surface area contributed by atoms with Crippen LogP contribution in [0.25, 0.3) is 11.1 Å². The van der Waals surface area contributed by atoms with Gasteiger partial charge in [-0.15, -0.1) is 0 Å². The van der Waals surface area contributed by atoms with Gasteiger partial charge in [-0.1, -0.05) is 54.0 Å². The Hall–Kier alpha value is -1.27. The molecule has 0 nitrogen and oxygen atoms in total. The molecule has 0 N–H and O–H groups in total. The summed E-state index contributed by atoms with van der Waals surface area (Å²) in [5, 5.41) is 0.441. The molecule has 0 spiro atoms. The lowest BCUT2D eigenvalue weighted by Crippen LogP contribution is -1.82. The van der Waals surface area contributed by atoms with E-state index in [0.29, 0.717) is 17.1 Å². The van der Waals surface area contributed by atoms with E-state index in [9.17, 15) is 0 Å². The quantitative estimate of drug-likeness (QED) is 0.649. The third-order valence-electron chi connectivity index (χ3n) is 2.16. The van der Waals surface area contributed by atoms with E-state index in [-0.39, 0.29) is 0 Å². The van der Waals surface area contributed by atoms with E-state index in [1.165, 1.54) is 0 Å². The van der Waals surface area contributed by atoms with E-state index < -0.39 is 0 Å². The minimum atomic E-state index is 0.314. The highest BCUT2D eigenvalue weighted by atomic mass is 35.5. The lowest BCUT2D eigenvalue weighted by Gasteiger charge is -2.06. The summed E-state index contributed by atoms with van der Waals surface area (Å²) in [7, 11) is 0. The molecule has 0 atom stereocenters. The van der Waals surface area contributed by atoms with Crippen molar-refractivity contribution in [2.45, 2.75) is 6.92 Å². The van der Waals surface area contributed by atoms with Gasteiger partial charge in [-0.3, -0.25) is 0 Å². The molecule has 0 saturated heterocycles. The average Bonchev–Trinajstić information content (AvgIpc) is 2.27. The molecule has 0 heterocycles. The topological polar surface area (TPSA) is 0 Å². The lowest BCUT2D eigenvalue weighted by atomic mass is 10.0. The van der Waals surface area contributed by atoms with Gasteiger partial charge in [0, 0.05) is 10.6 Å². The summed E-state index contributed by atoms with van der Waals surface area (Å²) in [6, 6.07) is 11.6. The normalized spacial score (nSPS) is 12.1. The van der Waals surface area contributed by atoms with Crippen molar-refractivity contribution in [3.05, 3.63) is 59.1 Å². The summed E-state index contributed by atoms with van der Waals surface area (Å²) in [5.74, 6) is 0. The highest BCUT2D eigenvalue weighted by Crippen LogP contribution is 2.29. The summed E-state index contributed by atoms with van der Waals surface area (Å²) >= 11 is 6.10. The standard InChI is InChI=1S/C13H11Cl/c1-10-6-2-3-7-11(10)12-8-4-5-9-13(12)14/h2-9H,1H3/i6D,9D. The first-order valence-corrected chi connectivity index (χ1v) is 4.80. The average molecular weight is 205 g/mol. The van der Waals surface area contributed by atoms with Gasteiger partial charge < -0.3 is 0 Å². The Morgan fingerprint density at radius 2 is 1.64 bits per heavy atom. The van der Waals surface area contributed by atoms with Crippen molar-refractivity contribution in [3.63, 3.8) is 0 Å². The summed E-state index contributed by atoms with van der Waals surface area (Å²) in [6.45, 7) is 1.89. The van der Waals surface area contributed by atoms with Crippen molar-refractivity contribution >= 4 is 11.6 Å². The van der Waals surface area contributed by atoms with Crippen LogP contribution in [0.2, 0.25) is 5.02 Å². The van der Waals surface area contributed by atoms with Gasteiger partial charge in [-0.2, -0.15) is 0 Å². The van der Waals surface area contributed by atoms with Crippen LogP contribution in [0.15, 0.2) is 48.5 Å². The third kappa shape index (κ3) is 1.66. The largest absolute Gasteiger partial charge is 0.0837 e. The maximum atomic E-state index is 7.74. The second kappa shape index (κ2) is 3.85. The molecule has 0 amide bonds. The van der Waals surface area contributed by atoms with Gasteiger partial charge in [-0.25, -0.2) is 0 Å². The van der Waals surface area contributed by atoms with Gasteiger partial charge >= 0.3 is 0 Å². The van der Waals surface area contributed by atoms with Gasteiger partial charge in [-0.05, 0) is 24.1 Å². The molecule has 2 aromatic rings. The minimum absolute atomic E-state index is 0.314. The number of halogens is 1. The second-order valence-electron chi connectivity index (χ2n) is 3.11. The third-order valence-corrected chi connectivity index (χ3v) is 2.47. The van der Waals surface area contributed by atoms with Gasteiger partial charge in [0.25, 0.3) is 0 Å². The van der Waals surface area contributed by atoms with Gasteiger partial charge in [0.2, 0.25) is 0 Å². The molecule has 0 aliphatic rings. The van der Waals surface area contributed by atoms with E-state index in [1.807, 2.05) is 25.1 Å². The number of benzene rings is 2. The Kier molecular flexibility index (Phi) is 1.95. The van der Waals surface area contributed by atoms with Crippen molar-refractivity contribution in [3.8, 4) is 11.1 Å². The predicted octanol–water partition coefficient (Wildman–Crippen LogP) is 4.32. The van der Waals surface area contributed by atoms with Crippen LogP contribution < -0.4 is 0 Å². The van der Waals surface area contributed by atoms with Crippen molar-refractivity contribution in [2.24, 2.45) is 0 Å². The fraction of sp³-hybridized carbons (Fsp3) is 0.0769. The minimum Gasteiger partial charge on any atom is -0.0837 e. The van der Waals surface area contributed by atoms with Crippen molar-refractivity contribution in [1.29, 1.82) is 0 Å². The fourth-order valence-corrected chi connectivity index (χ4v) is 1.66. The van der Waals surface area contributed by atoms with Gasteiger partial charge in [0.1, 0.15) is 0 Å². The highest BCUT2D eigenvalue weighted by Gasteiger charge is 2.03. The molecule has 0 aromatic heterocycles. The van der Waals surface area contributed by atoms with Crippen molar-refractivity contribution in [2.75, 3.05) is 0 Å². The first-order valence-electron chi connectivity index (χ1n) is 5.43. The Morgan fingerprint density at radius 1 is 1.00 bits per heavy atom. The Morgan fingerprint density at radius 3 is 2.43 bits per heavy atom. The molecule has 0 fully saturated rings. The SMILES string of the molecule is [2H]c1cccc(-c2cccc([2H])c2Cl)c1C. The van der Waals surface area contributed by atoms with Crippen LogP contribution in [0.4, 0.5) is 0 Å². The highest BCUT2D eigenvalue weighted by molar-refractivity contribution is 6.33. The van der Waals surface area contributed by atoms with Crippen molar-refractivity contribution < 1.29 is 2.74 Å². The molecule has 2 aromatic carbocycles. The van der Waals surface area contributed by atoms with Crippen LogP contribution in [0.1, 0.15) is 8.30 Å². The first kappa shape index (κ1) is 7.08. The lowest BCUT2D eigenvalue weighted by molar-refractivity contribution is 1.46. The van der Waals surface area contributed by atoms with Crippen LogP contribution in [-0.4, -0.2) is 0 Å². The van der Waals surface area contributed by atoms with Crippen molar-refractivity contribution in [1.82, 2.24) is 0 Å². The molecule has 0 aliphatic heterocycles. The molecular weight excluding hydrogens is 192 g/mol. The summed E-state index contributed by atoms with van der Waals surface area (Å²) in [6.07, 6.45) is 0. The molecule has 0 bridgehead atoms. The van der Waals surface area contributed by atoms with Crippen LogP contribution in [0.3, 0.4) is 0 Å². The van der Waals surface area contributed by atoms with Crippen LogP contribution in [0, 0.1) is 6.92 Å². The molecule has 0 unspecified atom stereocenters. The van der Waals surface area contributed by atoms with Crippen LogP contribution >= 0.6 is 11.6 Å². The zero-order valence-corrected chi connectivity index (χ0v) is 8.60. The van der Waals surface area contributed by atoms with Crippen LogP contribution in [-0.2, 0) is 0 Å².